The number of hydrogen-bond donors (Lipinski definition) is 1. The van der Waals surface area contributed by atoms with Gasteiger partial charge in [-0.15, -0.1) is 15.0 Å². The number of nitrogens with zero attached hydrogens (tertiary/aromatic N) is 4. The van der Waals surface area contributed by atoms with Crippen molar-refractivity contribution in [2.45, 2.75) is 13.0 Å². The van der Waals surface area contributed by atoms with Gasteiger partial charge in [0.1, 0.15) is 6.10 Å². The van der Waals surface area contributed by atoms with Crippen molar-refractivity contribution in [3.8, 4) is 5.69 Å². The van der Waals surface area contributed by atoms with Gasteiger partial charge in [0.25, 0.3) is 0 Å². The van der Waals surface area contributed by atoms with Gasteiger partial charge in [-0.05, 0) is 52.9 Å². The van der Waals surface area contributed by atoms with Crippen molar-refractivity contribution in [2.24, 2.45) is 0 Å². The second-order valence-corrected chi connectivity index (χ2v) is 4.34. The van der Waals surface area contributed by atoms with Gasteiger partial charge in [-0.2, -0.15) is 0 Å². The monoisotopic (exact) mass is 316 g/mol. The quantitative estimate of drug-likeness (QED) is 0.849. The molecule has 0 fully saturated rings. The molecule has 0 amide bonds. The fourth-order valence-electron chi connectivity index (χ4n) is 1.10. The number of tetrazole rings is 1. The molecular weight excluding hydrogens is 307 g/mol. The van der Waals surface area contributed by atoms with E-state index in [1.54, 1.807) is 6.92 Å². The Kier molecular flexibility index (Phi) is 2.96. The molecule has 1 N–H and O–H groups in total. The molecule has 0 saturated carbocycles. The average Bonchev–Trinajstić information content (AvgIpc) is 2.66. The van der Waals surface area contributed by atoms with Crippen LogP contribution in [-0.2, 0) is 0 Å². The molecule has 0 aliphatic rings. The van der Waals surface area contributed by atoms with Crippen LogP contribution in [0, 0.1) is 3.57 Å². The van der Waals surface area contributed by atoms with E-state index < -0.39 is 6.10 Å². The molecule has 6 heteroatoms. The largest absolute Gasteiger partial charge is 0.385 e. The zero-order valence-electron chi connectivity index (χ0n) is 8.00. The van der Waals surface area contributed by atoms with Crippen LogP contribution in [0.4, 0.5) is 0 Å². The number of hydrogen-bond acceptors (Lipinski definition) is 4. The fourth-order valence-corrected chi connectivity index (χ4v) is 1.63. The summed E-state index contributed by atoms with van der Waals surface area (Å²) in [7, 11) is 0. The number of aliphatic hydroxyl groups is 1. The van der Waals surface area contributed by atoms with Crippen LogP contribution in [0.2, 0.25) is 0 Å². The Morgan fingerprint density at radius 2 is 2.27 bits per heavy atom. The van der Waals surface area contributed by atoms with E-state index in [1.165, 1.54) is 4.80 Å². The van der Waals surface area contributed by atoms with Crippen molar-refractivity contribution >= 4 is 22.6 Å². The summed E-state index contributed by atoms with van der Waals surface area (Å²) in [4.78, 5) is 1.41. The molecule has 1 aromatic heterocycles. The molecule has 1 heterocycles. The smallest absolute Gasteiger partial charge is 0.203 e. The van der Waals surface area contributed by atoms with E-state index in [4.69, 9.17) is 0 Å². The molecule has 2 rings (SSSR count). The number of aromatic nitrogens is 4. The van der Waals surface area contributed by atoms with E-state index in [1.807, 2.05) is 24.3 Å². The van der Waals surface area contributed by atoms with Crippen LogP contribution in [0.1, 0.15) is 18.9 Å². The SMILES string of the molecule is CC(O)c1nnn(-c2cccc(I)c2)n1. The van der Waals surface area contributed by atoms with Crippen molar-refractivity contribution in [3.63, 3.8) is 0 Å². The third-order valence-corrected chi connectivity index (χ3v) is 2.51. The Morgan fingerprint density at radius 1 is 1.47 bits per heavy atom. The number of aliphatic hydroxyl groups excluding tert-OH is 1. The minimum absolute atomic E-state index is 0.328. The maximum atomic E-state index is 9.26. The molecule has 0 spiro atoms. The van der Waals surface area contributed by atoms with Crippen molar-refractivity contribution in [3.05, 3.63) is 33.7 Å². The van der Waals surface area contributed by atoms with E-state index in [0.29, 0.717) is 5.82 Å². The molecule has 0 radical (unpaired) electrons. The fraction of sp³-hybridized carbons (Fsp3) is 0.222. The number of halogens is 1. The Morgan fingerprint density at radius 3 is 2.87 bits per heavy atom. The van der Waals surface area contributed by atoms with E-state index in [2.05, 4.69) is 38.0 Å². The molecule has 5 nitrogen and oxygen atoms in total. The molecule has 78 valence electrons. The minimum atomic E-state index is -0.693. The van der Waals surface area contributed by atoms with Gasteiger partial charge in [-0.1, -0.05) is 6.07 Å². The first kappa shape index (κ1) is 10.5. The Labute approximate surface area is 100 Å². The predicted molar refractivity (Wildman–Crippen MR) is 62.5 cm³/mol. The Hall–Kier alpha value is -1.02. The lowest BCUT2D eigenvalue weighted by molar-refractivity contribution is 0.188. The van der Waals surface area contributed by atoms with Crippen molar-refractivity contribution in [1.29, 1.82) is 0 Å². The molecule has 1 aromatic carbocycles. The second kappa shape index (κ2) is 4.23. The topological polar surface area (TPSA) is 63.8 Å². The molecule has 2 aromatic rings. The van der Waals surface area contributed by atoms with E-state index in [-0.39, 0.29) is 0 Å². The zero-order chi connectivity index (χ0) is 10.8. The lowest BCUT2D eigenvalue weighted by atomic mass is 10.3. The van der Waals surface area contributed by atoms with E-state index >= 15 is 0 Å². The molecule has 0 aliphatic heterocycles. The highest BCUT2D eigenvalue weighted by molar-refractivity contribution is 14.1. The summed E-state index contributed by atoms with van der Waals surface area (Å²) in [5.74, 6) is 0.328. The molecule has 0 aliphatic carbocycles. The second-order valence-electron chi connectivity index (χ2n) is 3.09. The highest BCUT2D eigenvalue weighted by atomic mass is 127. The van der Waals surface area contributed by atoms with Crippen LogP contribution >= 0.6 is 22.6 Å². The zero-order valence-corrected chi connectivity index (χ0v) is 10.2. The summed E-state index contributed by atoms with van der Waals surface area (Å²) in [5, 5.41) is 20.9. The standard InChI is InChI=1S/C9H9IN4O/c1-6(15)9-11-13-14(12-9)8-4-2-3-7(10)5-8/h2-6,15H,1H3. The predicted octanol–water partition coefficient (Wildman–Crippen LogP) is 1.32. The van der Waals surface area contributed by atoms with Crippen LogP contribution in [0.25, 0.3) is 5.69 Å². The van der Waals surface area contributed by atoms with Gasteiger partial charge in [0.15, 0.2) is 0 Å². The van der Waals surface area contributed by atoms with Gasteiger partial charge in [-0.3, -0.25) is 0 Å². The number of rotatable bonds is 2. The van der Waals surface area contributed by atoms with Crippen LogP contribution in [0.15, 0.2) is 24.3 Å². The van der Waals surface area contributed by atoms with Crippen LogP contribution in [0.3, 0.4) is 0 Å². The van der Waals surface area contributed by atoms with Crippen molar-refractivity contribution in [1.82, 2.24) is 20.2 Å². The van der Waals surface area contributed by atoms with Gasteiger partial charge in [0.05, 0.1) is 5.69 Å². The third-order valence-electron chi connectivity index (χ3n) is 1.84. The molecule has 0 saturated heterocycles. The number of benzene rings is 1. The van der Waals surface area contributed by atoms with Crippen LogP contribution in [-0.4, -0.2) is 25.3 Å². The molecule has 0 bridgehead atoms. The van der Waals surface area contributed by atoms with Gasteiger partial charge < -0.3 is 5.11 Å². The van der Waals surface area contributed by atoms with Crippen LogP contribution in [0.5, 0.6) is 0 Å². The first-order valence-electron chi connectivity index (χ1n) is 4.41. The summed E-state index contributed by atoms with van der Waals surface area (Å²) in [6.07, 6.45) is -0.693. The maximum absolute atomic E-state index is 9.26. The molecule has 1 unspecified atom stereocenters. The van der Waals surface area contributed by atoms with Crippen molar-refractivity contribution in [2.75, 3.05) is 0 Å². The lowest BCUT2D eigenvalue weighted by Gasteiger charge is -1.98. The first-order chi connectivity index (χ1) is 7.16. The summed E-state index contributed by atoms with van der Waals surface area (Å²) in [6.45, 7) is 1.61. The summed E-state index contributed by atoms with van der Waals surface area (Å²) >= 11 is 2.21. The summed E-state index contributed by atoms with van der Waals surface area (Å²) in [6, 6.07) is 7.73. The summed E-state index contributed by atoms with van der Waals surface area (Å²) in [5.41, 5.74) is 0.835. The van der Waals surface area contributed by atoms with Crippen molar-refractivity contribution < 1.29 is 5.11 Å². The lowest BCUT2D eigenvalue weighted by Crippen LogP contribution is -2.00. The van der Waals surface area contributed by atoms with Gasteiger partial charge in [0, 0.05) is 3.57 Å². The molecule has 15 heavy (non-hydrogen) atoms. The Balaban J connectivity index is 2.37. The highest BCUT2D eigenvalue weighted by Crippen LogP contribution is 2.11. The minimum Gasteiger partial charge on any atom is -0.385 e. The van der Waals surface area contributed by atoms with Gasteiger partial charge in [-0.25, -0.2) is 0 Å². The van der Waals surface area contributed by atoms with Crippen LogP contribution < -0.4 is 0 Å². The molecule has 1 atom stereocenters. The van der Waals surface area contributed by atoms with E-state index in [9.17, 15) is 5.11 Å². The maximum Gasteiger partial charge on any atom is 0.203 e. The highest BCUT2D eigenvalue weighted by Gasteiger charge is 2.09. The normalized spacial score (nSPS) is 12.7. The third kappa shape index (κ3) is 2.32. The molecular formula is C9H9IN4O. The average molecular weight is 316 g/mol. The van der Waals surface area contributed by atoms with Gasteiger partial charge >= 0.3 is 0 Å². The Bertz CT molecular complexity index is 469. The summed E-state index contributed by atoms with van der Waals surface area (Å²) < 4.78 is 1.10. The van der Waals surface area contributed by atoms with E-state index in [0.717, 1.165) is 9.26 Å². The van der Waals surface area contributed by atoms with Gasteiger partial charge in [0.2, 0.25) is 5.82 Å². The first-order valence-corrected chi connectivity index (χ1v) is 5.48.